The number of halogens is 4. The van der Waals surface area contributed by atoms with Crippen molar-refractivity contribution in [1.29, 1.82) is 0 Å². The second kappa shape index (κ2) is 5.45. The fourth-order valence-corrected chi connectivity index (χ4v) is 0.769. The SMILES string of the molecule is COc1ncc([B-](F)(F)F)cc1F.[K+]. The van der Waals surface area contributed by atoms with Gasteiger partial charge in [-0.2, -0.15) is 0 Å². The van der Waals surface area contributed by atoms with Crippen molar-refractivity contribution in [3.05, 3.63) is 18.1 Å². The minimum Gasteiger partial charge on any atom is -0.479 e. The third-order valence-corrected chi connectivity index (χ3v) is 1.40. The molecule has 2 nitrogen and oxygen atoms in total. The van der Waals surface area contributed by atoms with Crippen LogP contribution in [0.5, 0.6) is 5.88 Å². The summed E-state index contributed by atoms with van der Waals surface area (Å²) in [6.45, 7) is -5.20. The van der Waals surface area contributed by atoms with Crippen LogP contribution in [0.1, 0.15) is 0 Å². The Labute approximate surface area is 121 Å². The summed E-state index contributed by atoms with van der Waals surface area (Å²) in [5.74, 6) is -1.55. The molecule has 0 spiro atoms. The van der Waals surface area contributed by atoms with Crippen LogP contribution in [0.4, 0.5) is 17.3 Å². The number of nitrogens with zero attached hydrogens (tertiary/aromatic N) is 1. The zero-order valence-corrected chi connectivity index (χ0v) is 10.7. The van der Waals surface area contributed by atoms with E-state index in [4.69, 9.17) is 0 Å². The van der Waals surface area contributed by atoms with Gasteiger partial charge in [0.25, 0.3) is 0 Å². The monoisotopic (exact) mass is 233 g/mol. The molecule has 1 aromatic rings. The van der Waals surface area contributed by atoms with Gasteiger partial charge in [0.05, 0.1) is 7.11 Å². The maximum Gasteiger partial charge on any atom is 1.00 e. The molecule has 1 heterocycles. The molecule has 14 heavy (non-hydrogen) atoms. The number of methoxy groups -OCH3 is 1. The van der Waals surface area contributed by atoms with E-state index in [0.717, 1.165) is 7.11 Å². The van der Waals surface area contributed by atoms with Crippen LogP contribution >= 0.6 is 0 Å². The number of pyridine rings is 1. The van der Waals surface area contributed by atoms with E-state index in [-0.39, 0.29) is 51.4 Å². The van der Waals surface area contributed by atoms with Crippen LogP contribution in [0, 0.1) is 5.82 Å². The molecular formula is C6H5BF4KNO. The van der Waals surface area contributed by atoms with Crippen LogP contribution in [-0.2, 0) is 0 Å². The Kier molecular flexibility index (Phi) is 5.60. The smallest absolute Gasteiger partial charge is 0.479 e. The Morgan fingerprint density at radius 3 is 2.29 bits per heavy atom. The van der Waals surface area contributed by atoms with Gasteiger partial charge in [0.2, 0.25) is 5.88 Å². The summed E-state index contributed by atoms with van der Waals surface area (Å²) in [6, 6.07) is 0.367. The first kappa shape index (κ1) is 14.4. The first-order chi connectivity index (χ1) is 5.95. The van der Waals surface area contributed by atoms with Gasteiger partial charge >= 0.3 is 58.4 Å². The molecule has 0 unspecified atom stereocenters. The van der Waals surface area contributed by atoms with Crippen molar-refractivity contribution in [2.45, 2.75) is 0 Å². The van der Waals surface area contributed by atoms with Gasteiger partial charge in [-0.25, -0.2) is 9.37 Å². The van der Waals surface area contributed by atoms with Gasteiger partial charge in [-0.1, -0.05) is 5.46 Å². The molecular weight excluding hydrogens is 228 g/mol. The zero-order chi connectivity index (χ0) is 10.1. The van der Waals surface area contributed by atoms with Gasteiger partial charge in [0.1, 0.15) is 0 Å². The van der Waals surface area contributed by atoms with Crippen LogP contribution in [0.15, 0.2) is 12.3 Å². The summed E-state index contributed by atoms with van der Waals surface area (Å²) in [5, 5.41) is 0. The minimum absolute atomic E-state index is 0. The number of ether oxygens (including phenoxy) is 1. The fourth-order valence-electron chi connectivity index (χ4n) is 0.769. The van der Waals surface area contributed by atoms with Gasteiger partial charge in [-0.3, -0.25) is 0 Å². The van der Waals surface area contributed by atoms with Crippen molar-refractivity contribution in [3.8, 4) is 5.88 Å². The second-order valence-electron chi connectivity index (χ2n) is 2.33. The summed E-state index contributed by atoms with van der Waals surface area (Å²) < 4.78 is 53.1. The molecule has 0 aromatic carbocycles. The summed E-state index contributed by atoms with van der Waals surface area (Å²) in [4.78, 5) is 3.16. The molecule has 0 atom stereocenters. The van der Waals surface area contributed by atoms with Gasteiger partial charge in [-0.05, 0) is 6.07 Å². The second-order valence-corrected chi connectivity index (χ2v) is 2.33. The topological polar surface area (TPSA) is 22.1 Å². The zero-order valence-electron chi connectivity index (χ0n) is 7.60. The molecule has 0 saturated heterocycles. The molecule has 0 bridgehead atoms. The van der Waals surface area contributed by atoms with Crippen molar-refractivity contribution >= 4 is 12.4 Å². The Bertz CT molecular complexity index is 319. The number of aromatic nitrogens is 1. The normalized spacial score (nSPS) is 10.6. The van der Waals surface area contributed by atoms with Crippen LogP contribution in [0.2, 0.25) is 0 Å². The molecule has 0 aliphatic carbocycles. The minimum atomic E-state index is -5.20. The summed E-state index contributed by atoms with van der Waals surface area (Å²) >= 11 is 0. The van der Waals surface area contributed by atoms with Gasteiger partial charge in [-0.15, -0.1) is 0 Å². The van der Waals surface area contributed by atoms with Gasteiger partial charge in [0.15, 0.2) is 5.82 Å². The number of hydrogen-bond donors (Lipinski definition) is 0. The molecule has 0 aliphatic rings. The number of hydrogen-bond acceptors (Lipinski definition) is 2. The third kappa shape index (κ3) is 3.50. The Morgan fingerprint density at radius 1 is 1.36 bits per heavy atom. The van der Waals surface area contributed by atoms with E-state index in [2.05, 4.69) is 9.72 Å². The first-order valence-electron chi connectivity index (χ1n) is 3.34. The summed E-state index contributed by atoms with van der Waals surface area (Å²) in [5.41, 5.74) is -1.07. The first-order valence-corrected chi connectivity index (χ1v) is 3.34. The van der Waals surface area contributed by atoms with Crippen LogP contribution < -0.4 is 61.6 Å². The molecule has 0 saturated carbocycles. The van der Waals surface area contributed by atoms with E-state index >= 15 is 0 Å². The third-order valence-electron chi connectivity index (χ3n) is 1.40. The van der Waals surface area contributed by atoms with E-state index in [1.165, 1.54) is 0 Å². The van der Waals surface area contributed by atoms with Crippen molar-refractivity contribution in [2.24, 2.45) is 0 Å². The average Bonchev–Trinajstić information content (AvgIpc) is 2.02. The van der Waals surface area contributed by atoms with Crippen molar-refractivity contribution in [1.82, 2.24) is 4.98 Å². The van der Waals surface area contributed by atoms with Crippen LogP contribution in [-0.4, -0.2) is 19.1 Å². The van der Waals surface area contributed by atoms with E-state index in [1.54, 1.807) is 0 Å². The maximum absolute atomic E-state index is 12.7. The van der Waals surface area contributed by atoms with Gasteiger partial charge < -0.3 is 17.7 Å². The van der Waals surface area contributed by atoms with Crippen LogP contribution in [0.25, 0.3) is 0 Å². The fraction of sp³-hybridized carbons (Fsp3) is 0.167. The summed E-state index contributed by atoms with van der Waals surface area (Å²) in [6.07, 6.45) is 0.544. The molecule has 0 amide bonds. The quantitative estimate of drug-likeness (QED) is 0.448. The van der Waals surface area contributed by atoms with Crippen molar-refractivity contribution in [2.75, 3.05) is 7.11 Å². The van der Waals surface area contributed by atoms with Crippen molar-refractivity contribution < 1.29 is 73.5 Å². The molecule has 1 aromatic heterocycles. The summed E-state index contributed by atoms with van der Waals surface area (Å²) in [7, 11) is 1.13. The Morgan fingerprint density at radius 2 is 1.93 bits per heavy atom. The Balaban J connectivity index is 0.00000169. The average molecular weight is 233 g/mol. The molecule has 0 N–H and O–H groups in total. The van der Waals surface area contributed by atoms with Crippen LogP contribution in [0.3, 0.4) is 0 Å². The van der Waals surface area contributed by atoms with Crippen molar-refractivity contribution in [3.63, 3.8) is 0 Å². The van der Waals surface area contributed by atoms with E-state index in [9.17, 15) is 17.3 Å². The van der Waals surface area contributed by atoms with E-state index in [0.29, 0.717) is 12.3 Å². The standard InChI is InChI=1S/C6H5BF4NO.K/c1-13-6-5(8)2-4(3-12-6)7(9,10)11;/h2-3H,1H3;/q-1;+1. The molecule has 0 radical (unpaired) electrons. The predicted octanol–water partition coefficient (Wildman–Crippen LogP) is -1.71. The predicted molar refractivity (Wildman–Crippen MR) is 39.5 cm³/mol. The molecule has 0 aliphatic heterocycles. The van der Waals surface area contributed by atoms with E-state index < -0.39 is 24.1 Å². The molecule has 0 fully saturated rings. The maximum atomic E-state index is 12.7. The molecule has 1 rings (SSSR count). The molecule has 72 valence electrons. The van der Waals surface area contributed by atoms with Gasteiger partial charge in [0, 0.05) is 6.20 Å². The largest absolute Gasteiger partial charge is 1.00 e. The van der Waals surface area contributed by atoms with E-state index in [1.807, 2.05) is 0 Å². The molecule has 8 heteroatoms. The Hall–Kier alpha value is 0.371. The number of rotatable bonds is 2.